The van der Waals surface area contributed by atoms with E-state index in [1.807, 2.05) is 0 Å². The molecule has 9 heteroatoms. The third kappa shape index (κ3) is 5.50. The molecule has 1 fully saturated rings. The van der Waals surface area contributed by atoms with E-state index >= 15 is 0 Å². The van der Waals surface area contributed by atoms with Crippen LogP contribution in [0.5, 0.6) is 11.5 Å². The van der Waals surface area contributed by atoms with Gasteiger partial charge in [-0.1, -0.05) is 0 Å². The molecular weight excluding hydrogens is 350 g/mol. The highest BCUT2D eigenvalue weighted by atomic mass is 32.2. The Labute approximate surface area is 147 Å². The molecule has 0 aromatic heterocycles. The molecule has 1 aliphatic rings. The normalized spacial score (nSPS) is 16.9. The minimum atomic E-state index is -3.96. The molecule has 0 spiro atoms. The third-order valence-electron chi connectivity index (χ3n) is 3.10. The molecule has 0 N–H and O–H groups in total. The summed E-state index contributed by atoms with van der Waals surface area (Å²) >= 11 is 0. The predicted octanol–water partition coefficient (Wildman–Crippen LogP) is 2.17. The van der Waals surface area contributed by atoms with Gasteiger partial charge in [0.1, 0.15) is 35.5 Å². The lowest BCUT2D eigenvalue weighted by Crippen LogP contribution is -2.40. The van der Waals surface area contributed by atoms with Crippen molar-refractivity contribution in [3.63, 3.8) is 0 Å². The van der Waals surface area contributed by atoms with Crippen LogP contribution in [-0.2, 0) is 19.5 Å². The van der Waals surface area contributed by atoms with E-state index in [0.717, 1.165) is 6.26 Å². The summed E-state index contributed by atoms with van der Waals surface area (Å²) in [5.41, 5.74) is -0.835. The number of sulfonamides is 1. The lowest BCUT2D eigenvalue weighted by atomic mass is 10.2. The molecule has 0 bridgehead atoms. The maximum absolute atomic E-state index is 12.5. The molecule has 0 radical (unpaired) electrons. The average molecular weight is 373 g/mol. The van der Waals surface area contributed by atoms with Gasteiger partial charge in [0, 0.05) is 6.07 Å². The first kappa shape index (κ1) is 19.3. The van der Waals surface area contributed by atoms with E-state index in [-0.39, 0.29) is 17.5 Å². The summed E-state index contributed by atoms with van der Waals surface area (Å²) in [7, 11) is -2.58. The van der Waals surface area contributed by atoms with Gasteiger partial charge in [0.15, 0.2) is 0 Å². The maximum atomic E-state index is 12.5. The Morgan fingerprint density at radius 1 is 1.36 bits per heavy atom. The van der Waals surface area contributed by atoms with Crippen molar-refractivity contribution in [2.24, 2.45) is 0 Å². The molecular formula is C16H23NO7S. The van der Waals surface area contributed by atoms with Crippen molar-refractivity contribution in [2.45, 2.75) is 32.5 Å². The van der Waals surface area contributed by atoms with Gasteiger partial charge in [0.25, 0.3) is 0 Å². The lowest BCUT2D eigenvalue weighted by Gasteiger charge is -2.27. The smallest absolute Gasteiger partial charge is 0.429 e. The first-order chi connectivity index (χ1) is 11.5. The van der Waals surface area contributed by atoms with E-state index in [1.165, 1.54) is 19.2 Å². The van der Waals surface area contributed by atoms with Gasteiger partial charge in [0.05, 0.1) is 20.0 Å². The van der Waals surface area contributed by atoms with Crippen LogP contribution in [0.1, 0.15) is 20.8 Å². The number of amides is 1. The Balaban J connectivity index is 2.39. The number of carbonyl (C=O) groups excluding carboxylic acids is 1. The van der Waals surface area contributed by atoms with Crippen LogP contribution in [0.25, 0.3) is 0 Å². The second kappa shape index (κ2) is 7.09. The molecule has 2 rings (SSSR count). The number of carbonyl (C=O) groups is 1. The largest absolute Gasteiger partial charge is 0.495 e. The van der Waals surface area contributed by atoms with Crippen LogP contribution in [-0.4, -0.2) is 52.8 Å². The number of methoxy groups -OCH3 is 1. The van der Waals surface area contributed by atoms with Crippen LogP contribution in [0, 0.1) is 0 Å². The topological polar surface area (TPSA) is 94.7 Å². The molecule has 1 atom stereocenters. The highest BCUT2D eigenvalue weighted by molar-refractivity contribution is 7.92. The molecule has 0 saturated carbocycles. The van der Waals surface area contributed by atoms with Crippen molar-refractivity contribution in [1.82, 2.24) is 0 Å². The number of epoxide rings is 1. The number of rotatable bonds is 6. The number of hydrogen-bond donors (Lipinski definition) is 0. The number of nitrogens with zero attached hydrogens (tertiary/aromatic N) is 1. The van der Waals surface area contributed by atoms with Crippen molar-refractivity contribution in [1.29, 1.82) is 0 Å². The van der Waals surface area contributed by atoms with Crippen LogP contribution in [0.3, 0.4) is 0 Å². The SMILES string of the molecule is COc1ccc(OC[C@@H]2CO2)cc1N(C(=O)OC(C)(C)C)S(C)(=O)=O. The molecule has 1 aromatic rings. The predicted molar refractivity (Wildman–Crippen MR) is 91.8 cm³/mol. The van der Waals surface area contributed by atoms with Crippen molar-refractivity contribution >= 4 is 21.8 Å². The van der Waals surface area contributed by atoms with Crippen LogP contribution < -0.4 is 13.8 Å². The monoisotopic (exact) mass is 373 g/mol. The molecule has 1 aliphatic heterocycles. The van der Waals surface area contributed by atoms with Gasteiger partial charge in [0.2, 0.25) is 10.0 Å². The summed E-state index contributed by atoms with van der Waals surface area (Å²) in [5.74, 6) is 0.592. The summed E-state index contributed by atoms with van der Waals surface area (Å²) in [6.45, 7) is 5.93. The van der Waals surface area contributed by atoms with Gasteiger partial charge in [-0.15, -0.1) is 0 Å². The molecule has 0 aliphatic carbocycles. The maximum Gasteiger partial charge on any atom is 0.429 e. The Hall–Kier alpha value is -2.00. The standard InChI is InChI=1S/C16H23NO7S/c1-16(2,3)24-15(18)17(25(5,19)20)13-8-11(6-7-14(13)21-4)22-9-12-10-23-12/h6-8,12H,9-10H2,1-5H3/t12-/m1/s1. The summed E-state index contributed by atoms with van der Waals surface area (Å²) in [6.07, 6.45) is -0.0551. The molecule has 1 saturated heterocycles. The van der Waals surface area contributed by atoms with Crippen molar-refractivity contribution in [3.8, 4) is 11.5 Å². The Morgan fingerprint density at radius 3 is 2.48 bits per heavy atom. The van der Waals surface area contributed by atoms with Gasteiger partial charge in [-0.25, -0.2) is 13.2 Å². The van der Waals surface area contributed by atoms with E-state index in [0.29, 0.717) is 23.3 Å². The Bertz CT molecular complexity index is 735. The molecule has 25 heavy (non-hydrogen) atoms. The van der Waals surface area contributed by atoms with E-state index in [2.05, 4.69) is 0 Å². The lowest BCUT2D eigenvalue weighted by molar-refractivity contribution is 0.0608. The minimum Gasteiger partial charge on any atom is -0.495 e. The first-order valence-electron chi connectivity index (χ1n) is 7.67. The highest BCUT2D eigenvalue weighted by Crippen LogP contribution is 2.35. The summed E-state index contributed by atoms with van der Waals surface area (Å²) < 4.78 is 46.1. The summed E-state index contributed by atoms with van der Waals surface area (Å²) in [6, 6.07) is 4.58. The fourth-order valence-corrected chi connectivity index (χ4v) is 2.80. The number of hydrogen-bond acceptors (Lipinski definition) is 7. The Kier molecular flexibility index (Phi) is 5.48. The number of anilines is 1. The number of ether oxygens (including phenoxy) is 4. The zero-order valence-corrected chi connectivity index (χ0v) is 15.8. The second-order valence-corrected chi connectivity index (χ2v) is 8.44. The molecule has 1 heterocycles. The zero-order valence-electron chi connectivity index (χ0n) is 14.9. The fraction of sp³-hybridized carbons (Fsp3) is 0.562. The molecule has 0 unspecified atom stereocenters. The van der Waals surface area contributed by atoms with E-state index in [1.54, 1.807) is 26.8 Å². The highest BCUT2D eigenvalue weighted by Gasteiger charge is 2.33. The minimum absolute atomic E-state index is 0.0217. The molecule has 1 amide bonds. The van der Waals surface area contributed by atoms with Crippen LogP contribution in [0.15, 0.2) is 18.2 Å². The van der Waals surface area contributed by atoms with Gasteiger partial charge in [-0.3, -0.25) is 0 Å². The van der Waals surface area contributed by atoms with E-state index in [9.17, 15) is 13.2 Å². The van der Waals surface area contributed by atoms with Crippen molar-refractivity contribution in [2.75, 3.05) is 30.9 Å². The molecule has 140 valence electrons. The second-order valence-electron chi connectivity index (χ2n) is 6.61. The van der Waals surface area contributed by atoms with Gasteiger partial charge in [-0.05, 0) is 32.9 Å². The average Bonchev–Trinajstić information content (AvgIpc) is 3.26. The van der Waals surface area contributed by atoms with Crippen LogP contribution in [0.4, 0.5) is 10.5 Å². The van der Waals surface area contributed by atoms with E-state index < -0.39 is 21.7 Å². The van der Waals surface area contributed by atoms with Crippen molar-refractivity contribution in [3.05, 3.63) is 18.2 Å². The first-order valence-corrected chi connectivity index (χ1v) is 9.52. The Morgan fingerprint density at radius 2 is 2.00 bits per heavy atom. The van der Waals surface area contributed by atoms with Gasteiger partial charge < -0.3 is 18.9 Å². The molecule has 1 aromatic carbocycles. The summed E-state index contributed by atoms with van der Waals surface area (Å²) in [5, 5.41) is 0. The van der Waals surface area contributed by atoms with Crippen LogP contribution in [0.2, 0.25) is 0 Å². The fourth-order valence-electron chi connectivity index (χ4n) is 1.99. The molecule has 8 nitrogen and oxygen atoms in total. The number of benzene rings is 1. The van der Waals surface area contributed by atoms with Gasteiger partial charge in [-0.2, -0.15) is 4.31 Å². The van der Waals surface area contributed by atoms with Gasteiger partial charge >= 0.3 is 6.09 Å². The van der Waals surface area contributed by atoms with Crippen molar-refractivity contribution < 1.29 is 32.2 Å². The van der Waals surface area contributed by atoms with E-state index in [4.69, 9.17) is 18.9 Å². The quantitative estimate of drug-likeness (QED) is 0.705. The summed E-state index contributed by atoms with van der Waals surface area (Å²) in [4.78, 5) is 12.5. The zero-order chi connectivity index (χ0) is 18.8. The third-order valence-corrected chi connectivity index (χ3v) is 4.11. The van der Waals surface area contributed by atoms with Crippen LogP contribution >= 0.6 is 0 Å².